The molecule has 2 nitrogen and oxygen atoms in total. The lowest BCUT2D eigenvalue weighted by molar-refractivity contribution is 0.119. The third-order valence-corrected chi connectivity index (χ3v) is 5.07. The molecule has 0 bridgehead atoms. The first-order chi connectivity index (χ1) is 9.29. The van der Waals surface area contributed by atoms with Gasteiger partial charge in [-0.05, 0) is 49.4 Å². The van der Waals surface area contributed by atoms with Gasteiger partial charge < -0.3 is 5.73 Å². The van der Waals surface area contributed by atoms with Gasteiger partial charge in [0.05, 0.1) is 0 Å². The Kier molecular flexibility index (Phi) is 3.90. The Balaban J connectivity index is 1.63. The summed E-state index contributed by atoms with van der Waals surface area (Å²) in [7, 11) is 0. The van der Waals surface area contributed by atoms with Crippen molar-refractivity contribution in [1.82, 2.24) is 4.90 Å². The molecule has 1 aliphatic carbocycles. The summed E-state index contributed by atoms with van der Waals surface area (Å²) < 4.78 is 0. The fourth-order valence-corrected chi connectivity index (χ4v) is 3.94. The van der Waals surface area contributed by atoms with E-state index in [1.54, 1.807) is 0 Å². The van der Waals surface area contributed by atoms with Crippen molar-refractivity contribution in [1.29, 1.82) is 0 Å². The zero-order valence-corrected chi connectivity index (χ0v) is 12.0. The highest BCUT2D eigenvalue weighted by molar-refractivity contribution is 5.36. The van der Waals surface area contributed by atoms with Gasteiger partial charge in [-0.25, -0.2) is 0 Å². The van der Waals surface area contributed by atoms with Gasteiger partial charge in [0.1, 0.15) is 0 Å². The molecule has 2 heteroatoms. The average Bonchev–Trinajstić information content (AvgIpc) is 2.78. The molecule has 2 aliphatic rings. The lowest BCUT2D eigenvalue weighted by Crippen LogP contribution is -2.45. The number of nitrogens with two attached hydrogens (primary N) is 1. The maximum atomic E-state index is 6.47. The van der Waals surface area contributed by atoms with Crippen LogP contribution >= 0.6 is 0 Å². The molecule has 3 rings (SSSR count). The van der Waals surface area contributed by atoms with Gasteiger partial charge in [-0.2, -0.15) is 0 Å². The molecule has 19 heavy (non-hydrogen) atoms. The van der Waals surface area contributed by atoms with Crippen molar-refractivity contribution in [3.05, 3.63) is 35.4 Å². The van der Waals surface area contributed by atoms with Gasteiger partial charge >= 0.3 is 0 Å². The molecule has 2 unspecified atom stereocenters. The van der Waals surface area contributed by atoms with E-state index in [4.69, 9.17) is 5.73 Å². The van der Waals surface area contributed by atoms with Crippen LogP contribution in [0.15, 0.2) is 24.3 Å². The summed E-state index contributed by atoms with van der Waals surface area (Å²) in [6.07, 6.45) is 6.63. The SMILES string of the molecule is CCCC1CCN(C2Cc3ccccc3C2N)CC1. The third kappa shape index (κ3) is 2.56. The zero-order valence-electron chi connectivity index (χ0n) is 12.0. The van der Waals surface area contributed by atoms with Gasteiger partial charge in [0, 0.05) is 12.1 Å². The largest absolute Gasteiger partial charge is 0.323 e. The van der Waals surface area contributed by atoms with Crippen LogP contribution in [-0.4, -0.2) is 24.0 Å². The van der Waals surface area contributed by atoms with Gasteiger partial charge in [-0.1, -0.05) is 44.0 Å². The highest BCUT2D eigenvalue weighted by atomic mass is 15.2. The van der Waals surface area contributed by atoms with E-state index >= 15 is 0 Å². The first kappa shape index (κ1) is 13.1. The summed E-state index contributed by atoms with van der Waals surface area (Å²) in [5.74, 6) is 0.959. The fraction of sp³-hybridized carbons (Fsp3) is 0.647. The van der Waals surface area contributed by atoms with Crippen LogP contribution in [0, 0.1) is 5.92 Å². The molecule has 0 amide bonds. The Labute approximate surface area is 117 Å². The van der Waals surface area contributed by atoms with E-state index in [0.29, 0.717) is 6.04 Å². The second kappa shape index (κ2) is 5.64. The first-order valence-electron chi connectivity index (χ1n) is 7.87. The van der Waals surface area contributed by atoms with Crippen LogP contribution in [-0.2, 0) is 6.42 Å². The summed E-state index contributed by atoms with van der Waals surface area (Å²) in [6, 6.07) is 9.48. The van der Waals surface area contributed by atoms with Gasteiger partial charge in [0.2, 0.25) is 0 Å². The Hall–Kier alpha value is -0.860. The van der Waals surface area contributed by atoms with Crippen LogP contribution in [0.1, 0.15) is 49.8 Å². The number of hydrogen-bond acceptors (Lipinski definition) is 2. The molecule has 104 valence electrons. The molecular weight excluding hydrogens is 232 g/mol. The molecule has 1 aromatic rings. The lowest BCUT2D eigenvalue weighted by atomic mass is 9.91. The number of likely N-dealkylation sites (tertiary alicyclic amines) is 1. The molecule has 1 aromatic carbocycles. The standard InChI is InChI=1S/C17H26N2/c1-2-5-13-8-10-19(11-9-13)16-12-14-6-3-4-7-15(14)17(16)18/h3-4,6-7,13,16-17H,2,5,8-12,18H2,1H3. The van der Waals surface area contributed by atoms with E-state index in [0.717, 1.165) is 12.3 Å². The summed E-state index contributed by atoms with van der Waals surface area (Å²) in [5, 5.41) is 0. The summed E-state index contributed by atoms with van der Waals surface area (Å²) in [5.41, 5.74) is 9.32. The molecule has 1 heterocycles. The number of fused-ring (bicyclic) bond motifs is 1. The number of benzene rings is 1. The minimum absolute atomic E-state index is 0.221. The molecule has 0 aromatic heterocycles. The van der Waals surface area contributed by atoms with Crippen LogP contribution in [0.4, 0.5) is 0 Å². The Morgan fingerprint density at radius 2 is 1.95 bits per heavy atom. The molecular formula is C17H26N2. The van der Waals surface area contributed by atoms with Crippen LogP contribution in [0.2, 0.25) is 0 Å². The van der Waals surface area contributed by atoms with E-state index < -0.39 is 0 Å². The van der Waals surface area contributed by atoms with E-state index in [-0.39, 0.29) is 6.04 Å². The Bertz CT molecular complexity index is 421. The minimum Gasteiger partial charge on any atom is -0.323 e. The molecule has 0 spiro atoms. The third-order valence-electron chi connectivity index (χ3n) is 5.07. The van der Waals surface area contributed by atoms with E-state index in [1.165, 1.54) is 49.9 Å². The topological polar surface area (TPSA) is 29.3 Å². The van der Waals surface area contributed by atoms with Gasteiger partial charge in [0.25, 0.3) is 0 Å². The van der Waals surface area contributed by atoms with Crippen molar-refractivity contribution in [3.8, 4) is 0 Å². The number of piperidine rings is 1. The predicted octanol–water partition coefficient (Wildman–Crippen LogP) is 3.12. The monoisotopic (exact) mass is 258 g/mol. The Morgan fingerprint density at radius 1 is 1.21 bits per heavy atom. The molecule has 2 atom stereocenters. The predicted molar refractivity (Wildman–Crippen MR) is 80.1 cm³/mol. The first-order valence-corrected chi connectivity index (χ1v) is 7.87. The molecule has 2 N–H and O–H groups in total. The van der Waals surface area contributed by atoms with Gasteiger partial charge in [-0.15, -0.1) is 0 Å². The maximum Gasteiger partial charge on any atom is 0.0459 e. The van der Waals surface area contributed by atoms with Gasteiger partial charge in [-0.3, -0.25) is 4.90 Å². The van der Waals surface area contributed by atoms with E-state index in [2.05, 4.69) is 36.1 Å². The van der Waals surface area contributed by atoms with Crippen molar-refractivity contribution < 1.29 is 0 Å². The number of hydrogen-bond donors (Lipinski definition) is 1. The van der Waals surface area contributed by atoms with Crippen molar-refractivity contribution in [2.75, 3.05) is 13.1 Å². The molecule has 1 aliphatic heterocycles. The van der Waals surface area contributed by atoms with Gasteiger partial charge in [0.15, 0.2) is 0 Å². The van der Waals surface area contributed by atoms with E-state index in [1.807, 2.05) is 0 Å². The van der Waals surface area contributed by atoms with Crippen molar-refractivity contribution >= 4 is 0 Å². The second-order valence-electron chi connectivity index (χ2n) is 6.26. The maximum absolute atomic E-state index is 6.47. The van der Waals surface area contributed by atoms with Crippen LogP contribution < -0.4 is 5.73 Å². The molecule has 0 radical (unpaired) electrons. The van der Waals surface area contributed by atoms with Crippen molar-refractivity contribution in [2.45, 2.75) is 51.1 Å². The molecule has 0 saturated carbocycles. The highest BCUT2D eigenvalue weighted by Gasteiger charge is 2.35. The number of rotatable bonds is 3. The fourth-order valence-electron chi connectivity index (χ4n) is 3.94. The number of nitrogens with zero attached hydrogens (tertiary/aromatic N) is 1. The average molecular weight is 258 g/mol. The quantitative estimate of drug-likeness (QED) is 0.902. The highest BCUT2D eigenvalue weighted by Crippen LogP contribution is 2.35. The summed E-state index contributed by atoms with van der Waals surface area (Å²) >= 11 is 0. The van der Waals surface area contributed by atoms with Crippen molar-refractivity contribution in [2.24, 2.45) is 11.7 Å². The normalized spacial score (nSPS) is 28.5. The Morgan fingerprint density at radius 3 is 2.63 bits per heavy atom. The second-order valence-corrected chi connectivity index (χ2v) is 6.26. The van der Waals surface area contributed by atoms with Crippen molar-refractivity contribution in [3.63, 3.8) is 0 Å². The zero-order chi connectivity index (χ0) is 13.2. The van der Waals surface area contributed by atoms with Crippen LogP contribution in [0.5, 0.6) is 0 Å². The lowest BCUT2D eigenvalue weighted by Gasteiger charge is -2.37. The summed E-state index contributed by atoms with van der Waals surface area (Å²) in [6.45, 7) is 4.80. The van der Waals surface area contributed by atoms with E-state index in [9.17, 15) is 0 Å². The van der Waals surface area contributed by atoms with Crippen LogP contribution in [0.3, 0.4) is 0 Å². The smallest absolute Gasteiger partial charge is 0.0459 e. The molecule has 1 saturated heterocycles. The summed E-state index contributed by atoms with van der Waals surface area (Å²) in [4.78, 5) is 2.65. The molecule has 1 fully saturated rings. The minimum atomic E-state index is 0.221. The van der Waals surface area contributed by atoms with Crippen LogP contribution in [0.25, 0.3) is 0 Å².